The summed E-state index contributed by atoms with van der Waals surface area (Å²) in [5.74, 6) is 0.181. The zero-order chi connectivity index (χ0) is 11.6. The SMILES string of the molecule is CCCC1(c2ccccc2)C=CN(C)C1=O. The molecular weight excluding hydrogens is 198 g/mol. The second-order valence-electron chi connectivity index (χ2n) is 4.32. The van der Waals surface area contributed by atoms with E-state index in [4.69, 9.17) is 0 Å². The number of carbonyl (C=O) groups is 1. The maximum atomic E-state index is 12.3. The molecule has 1 atom stereocenters. The molecule has 0 aliphatic carbocycles. The molecule has 0 radical (unpaired) electrons. The van der Waals surface area contributed by atoms with E-state index >= 15 is 0 Å². The first-order chi connectivity index (χ1) is 7.70. The van der Waals surface area contributed by atoms with Crippen molar-refractivity contribution in [3.63, 3.8) is 0 Å². The Balaban J connectivity index is 2.46. The van der Waals surface area contributed by atoms with Gasteiger partial charge in [0.05, 0.1) is 5.41 Å². The molecule has 2 nitrogen and oxygen atoms in total. The molecule has 1 aromatic carbocycles. The number of nitrogens with zero attached hydrogens (tertiary/aromatic N) is 1. The molecule has 0 fully saturated rings. The van der Waals surface area contributed by atoms with Gasteiger partial charge in [0.25, 0.3) is 0 Å². The van der Waals surface area contributed by atoms with Crippen molar-refractivity contribution in [3.8, 4) is 0 Å². The standard InChI is InChI=1S/C14H17NO/c1-3-9-14(10-11-15(2)13(14)16)12-7-5-4-6-8-12/h4-8,10-11H,3,9H2,1-2H3. The Hall–Kier alpha value is -1.57. The van der Waals surface area contributed by atoms with Gasteiger partial charge in [-0.2, -0.15) is 0 Å². The molecule has 0 saturated heterocycles. The fourth-order valence-electron chi connectivity index (χ4n) is 2.38. The molecular formula is C14H17NO. The molecule has 1 amide bonds. The predicted molar refractivity (Wildman–Crippen MR) is 64.9 cm³/mol. The smallest absolute Gasteiger partial charge is 0.240 e. The summed E-state index contributed by atoms with van der Waals surface area (Å²) in [5.41, 5.74) is 0.674. The van der Waals surface area contributed by atoms with E-state index in [0.29, 0.717) is 0 Å². The highest BCUT2D eigenvalue weighted by Crippen LogP contribution is 2.36. The second-order valence-corrected chi connectivity index (χ2v) is 4.32. The highest BCUT2D eigenvalue weighted by Gasteiger charge is 2.41. The monoisotopic (exact) mass is 215 g/mol. The zero-order valence-corrected chi connectivity index (χ0v) is 9.81. The molecule has 84 valence electrons. The highest BCUT2D eigenvalue weighted by molar-refractivity contribution is 5.93. The van der Waals surface area contributed by atoms with Crippen LogP contribution in [-0.2, 0) is 10.2 Å². The molecule has 1 aromatic rings. The van der Waals surface area contributed by atoms with E-state index in [1.54, 1.807) is 4.90 Å². The van der Waals surface area contributed by atoms with Crippen molar-refractivity contribution < 1.29 is 4.79 Å². The van der Waals surface area contributed by atoms with E-state index in [9.17, 15) is 4.79 Å². The van der Waals surface area contributed by atoms with Crippen LogP contribution in [0.2, 0.25) is 0 Å². The summed E-state index contributed by atoms with van der Waals surface area (Å²) in [6, 6.07) is 10.0. The van der Waals surface area contributed by atoms with Crippen LogP contribution in [0.5, 0.6) is 0 Å². The molecule has 0 spiro atoms. The number of carbonyl (C=O) groups excluding carboxylic acids is 1. The molecule has 1 aliphatic heterocycles. The van der Waals surface area contributed by atoms with Crippen LogP contribution in [0.4, 0.5) is 0 Å². The molecule has 16 heavy (non-hydrogen) atoms. The van der Waals surface area contributed by atoms with Crippen LogP contribution in [0.3, 0.4) is 0 Å². The summed E-state index contributed by atoms with van der Waals surface area (Å²) in [7, 11) is 1.82. The molecule has 1 unspecified atom stereocenters. The lowest BCUT2D eigenvalue weighted by molar-refractivity contribution is -0.130. The van der Waals surface area contributed by atoms with Gasteiger partial charge >= 0.3 is 0 Å². The average molecular weight is 215 g/mol. The summed E-state index contributed by atoms with van der Waals surface area (Å²) in [4.78, 5) is 14.0. The van der Waals surface area contributed by atoms with Crippen LogP contribution >= 0.6 is 0 Å². The van der Waals surface area contributed by atoms with Gasteiger partial charge in [-0.05, 0) is 18.1 Å². The number of likely N-dealkylation sites (N-methyl/N-ethyl adjacent to an activating group) is 1. The predicted octanol–water partition coefficient (Wildman–Crippen LogP) is 2.71. The fraction of sp³-hybridized carbons (Fsp3) is 0.357. The first-order valence-electron chi connectivity index (χ1n) is 5.73. The van der Waals surface area contributed by atoms with Crippen molar-refractivity contribution in [2.24, 2.45) is 0 Å². The third-order valence-corrected chi connectivity index (χ3v) is 3.22. The number of benzene rings is 1. The van der Waals surface area contributed by atoms with Crippen molar-refractivity contribution in [2.45, 2.75) is 25.2 Å². The molecule has 2 rings (SSSR count). The fourth-order valence-corrected chi connectivity index (χ4v) is 2.38. The Bertz CT molecular complexity index is 410. The minimum absolute atomic E-state index is 0.181. The van der Waals surface area contributed by atoms with Crippen molar-refractivity contribution in [1.82, 2.24) is 4.90 Å². The maximum Gasteiger partial charge on any atom is 0.240 e. The van der Waals surface area contributed by atoms with Crippen LogP contribution in [0, 0.1) is 0 Å². The Labute approximate surface area is 96.6 Å². The Kier molecular flexibility index (Phi) is 2.82. The summed E-state index contributed by atoms with van der Waals surface area (Å²) in [6.07, 6.45) is 5.79. The molecule has 0 aromatic heterocycles. The quantitative estimate of drug-likeness (QED) is 0.759. The van der Waals surface area contributed by atoms with E-state index in [1.165, 1.54) is 0 Å². The molecule has 1 aliphatic rings. The van der Waals surface area contributed by atoms with Gasteiger partial charge in [0, 0.05) is 13.2 Å². The Morgan fingerprint density at radius 1 is 1.25 bits per heavy atom. The highest BCUT2D eigenvalue weighted by atomic mass is 16.2. The van der Waals surface area contributed by atoms with Crippen LogP contribution in [0.1, 0.15) is 25.3 Å². The van der Waals surface area contributed by atoms with Gasteiger partial charge in [-0.3, -0.25) is 4.79 Å². The normalized spacial score (nSPS) is 24.1. The van der Waals surface area contributed by atoms with Crippen LogP contribution < -0.4 is 0 Å². The number of amides is 1. The summed E-state index contributed by atoms with van der Waals surface area (Å²) in [6.45, 7) is 2.12. The minimum Gasteiger partial charge on any atom is -0.321 e. The maximum absolute atomic E-state index is 12.3. The van der Waals surface area contributed by atoms with Gasteiger partial charge < -0.3 is 4.90 Å². The van der Waals surface area contributed by atoms with Gasteiger partial charge in [0.1, 0.15) is 0 Å². The van der Waals surface area contributed by atoms with E-state index in [1.807, 2.05) is 49.7 Å². The van der Waals surface area contributed by atoms with E-state index in [2.05, 4.69) is 6.92 Å². The first kappa shape index (κ1) is 10.9. The lowest BCUT2D eigenvalue weighted by atomic mass is 9.77. The second kappa shape index (κ2) is 4.12. The van der Waals surface area contributed by atoms with Crippen molar-refractivity contribution >= 4 is 5.91 Å². The van der Waals surface area contributed by atoms with Crippen LogP contribution in [-0.4, -0.2) is 17.9 Å². The summed E-state index contributed by atoms with van der Waals surface area (Å²) in [5, 5.41) is 0. The zero-order valence-electron chi connectivity index (χ0n) is 9.81. The van der Waals surface area contributed by atoms with Crippen molar-refractivity contribution in [1.29, 1.82) is 0 Å². The minimum atomic E-state index is -0.426. The number of hydrogen-bond donors (Lipinski definition) is 0. The van der Waals surface area contributed by atoms with Crippen LogP contribution in [0.15, 0.2) is 42.6 Å². The first-order valence-corrected chi connectivity index (χ1v) is 5.73. The Morgan fingerprint density at radius 3 is 2.44 bits per heavy atom. The molecule has 0 bridgehead atoms. The number of hydrogen-bond acceptors (Lipinski definition) is 1. The van der Waals surface area contributed by atoms with E-state index < -0.39 is 5.41 Å². The van der Waals surface area contributed by atoms with E-state index in [-0.39, 0.29) is 5.91 Å². The molecule has 0 N–H and O–H groups in total. The third-order valence-electron chi connectivity index (χ3n) is 3.22. The number of rotatable bonds is 3. The lowest BCUT2D eigenvalue weighted by Gasteiger charge is -2.26. The largest absolute Gasteiger partial charge is 0.321 e. The Morgan fingerprint density at radius 2 is 1.94 bits per heavy atom. The average Bonchev–Trinajstić information content (AvgIpc) is 2.60. The molecule has 2 heteroatoms. The van der Waals surface area contributed by atoms with E-state index in [0.717, 1.165) is 18.4 Å². The van der Waals surface area contributed by atoms with Crippen LogP contribution in [0.25, 0.3) is 0 Å². The van der Waals surface area contributed by atoms with Crippen molar-refractivity contribution in [2.75, 3.05) is 7.05 Å². The van der Waals surface area contributed by atoms with Gasteiger partial charge in [0.15, 0.2) is 0 Å². The lowest BCUT2D eigenvalue weighted by Crippen LogP contribution is -2.36. The van der Waals surface area contributed by atoms with Gasteiger partial charge in [-0.15, -0.1) is 0 Å². The third kappa shape index (κ3) is 1.54. The molecule has 0 saturated carbocycles. The van der Waals surface area contributed by atoms with Gasteiger partial charge in [0.2, 0.25) is 5.91 Å². The van der Waals surface area contributed by atoms with Gasteiger partial charge in [-0.1, -0.05) is 43.7 Å². The van der Waals surface area contributed by atoms with Crippen molar-refractivity contribution in [3.05, 3.63) is 48.2 Å². The molecule has 1 heterocycles. The van der Waals surface area contributed by atoms with Gasteiger partial charge in [-0.25, -0.2) is 0 Å². The summed E-state index contributed by atoms with van der Waals surface area (Å²) >= 11 is 0. The topological polar surface area (TPSA) is 20.3 Å². The summed E-state index contributed by atoms with van der Waals surface area (Å²) < 4.78 is 0.